The van der Waals surface area contributed by atoms with Gasteiger partial charge < -0.3 is 4.74 Å². The van der Waals surface area contributed by atoms with E-state index in [4.69, 9.17) is 4.74 Å². The van der Waals surface area contributed by atoms with Gasteiger partial charge >= 0.3 is 5.97 Å². The van der Waals surface area contributed by atoms with Crippen molar-refractivity contribution in [1.29, 1.82) is 0 Å². The van der Waals surface area contributed by atoms with Crippen molar-refractivity contribution in [2.45, 2.75) is 33.4 Å². The van der Waals surface area contributed by atoms with Gasteiger partial charge in [0.2, 0.25) is 0 Å². The summed E-state index contributed by atoms with van der Waals surface area (Å²) >= 11 is 1.61. The van der Waals surface area contributed by atoms with E-state index in [9.17, 15) is 4.79 Å². The zero-order valence-electron chi connectivity index (χ0n) is 10.2. The maximum Gasteiger partial charge on any atom is 0.320 e. The number of ether oxygens (including phenoxy) is 1. The topological polar surface area (TPSA) is 42.4 Å². The van der Waals surface area contributed by atoms with Crippen LogP contribution in [0.15, 0.2) is 5.51 Å². The fourth-order valence-corrected chi connectivity index (χ4v) is 2.16. The number of likely N-dealkylation sites (N-methyl/N-ethyl adjacent to an activating group) is 1. The first-order valence-electron chi connectivity index (χ1n) is 5.26. The molecule has 5 heteroatoms. The molecular weight excluding hydrogens is 224 g/mol. The second kappa shape index (κ2) is 5.96. The predicted molar refractivity (Wildman–Crippen MR) is 64.4 cm³/mol. The summed E-state index contributed by atoms with van der Waals surface area (Å²) in [5.74, 6) is -0.181. The van der Waals surface area contributed by atoms with Crippen LogP contribution in [0.1, 0.15) is 24.4 Å². The van der Waals surface area contributed by atoms with Crippen LogP contribution in [0.4, 0.5) is 0 Å². The highest BCUT2D eigenvalue weighted by atomic mass is 32.1. The molecule has 0 aliphatic carbocycles. The number of aryl methyl sites for hydroxylation is 1. The van der Waals surface area contributed by atoms with Crippen LogP contribution in [0, 0.1) is 6.92 Å². The monoisotopic (exact) mass is 242 g/mol. The number of esters is 1. The molecule has 16 heavy (non-hydrogen) atoms. The lowest BCUT2D eigenvalue weighted by atomic mass is 10.3. The molecule has 0 unspecified atom stereocenters. The molecule has 0 bridgehead atoms. The lowest BCUT2D eigenvalue weighted by Crippen LogP contribution is -2.28. The molecule has 0 aliphatic rings. The molecule has 1 aromatic rings. The molecule has 0 saturated heterocycles. The number of carbonyl (C=O) groups is 1. The Labute approximate surface area is 100 Å². The predicted octanol–water partition coefficient (Wildman–Crippen LogP) is 1.83. The van der Waals surface area contributed by atoms with Gasteiger partial charge in [-0.05, 0) is 27.8 Å². The van der Waals surface area contributed by atoms with Crippen molar-refractivity contribution in [2.24, 2.45) is 0 Å². The Bertz CT molecular complexity index is 350. The smallest absolute Gasteiger partial charge is 0.320 e. The minimum Gasteiger partial charge on any atom is -0.462 e. The van der Waals surface area contributed by atoms with Gasteiger partial charge in [0.05, 0.1) is 23.9 Å². The van der Waals surface area contributed by atoms with Gasteiger partial charge in [0.25, 0.3) is 0 Å². The van der Waals surface area contributed by atoms with Crippen molar-refractivity contribution in [1.82, 2.24) is 9.88 Å². The molecule has 0 amide bonds. The first-order chi connectivity index (χ1) is 7.49. The minimum absolute atomic E-state index is 0.0500. The Morgan fingerprint density at radius 3 is 2.81 bits per heavy atom. The zero-order valence-corrected chi connectivity index (χ0v) is 11.0. The zero-order chi connectivity index (χ0) is 12.1. The lowest BCUT2D eigenvalue weighted by molar-refractivity contribution is -0.148. The van der Waals surface area contributed by atoms with Crippen LogP contribution in [0.5, 0.6) is 0 Å². The average molecular weight is 242 g/mol. The quantitative estimate of drug-likeness (QED) is 0.739. The van der Waals surface area contributed by atoms with E-state index >= 15 is 0 Å². The van der Waals surface area contributed by atoms with Crippen LogP contribution in [0.25, 0.3) is 0 Å². The maximum atomic E-state index is 11.4. The molecule has 0 radical (unpaired) electrons. The summed E-state index contributed by atoms with van der Waals surface area (Å²) in [6, 6.07) is 0. The third kappa shape index (κ3) is 4.28. The van der Waals surface area contributed by atoms with Crippen LogP contribution in [-0.4, -0.2) is 35.5 Å². The Balaban J connectivity index is 2.39. The standard InChI is InChI=1S/C11H18N2O2S/c1-8(2)15-11(14)6-13(4)5-10-9(3)12-7-16-10/h7-8H,5-6H2,1-4H3. The number of hydrogen-bond acceptors (Lipinski definition) is 5. The van der Waals surface area contributed by atoms with Gasteiger partial charge in [0.15, 0.2) is 0 Å². The van der Waals surface area contributed by atoms with E-state index in [-0.39, 0.29) is 12.1 Å². The number of hydrogen-bond donors (Lipinski definition) is 0. The number of rotatable bonds is 5. The highest BCUT2D eigenvalue weighted by Crippen LogP contribution is 2.13. The molecule has 0 fully saturated rings. The summed E-state index contributed by atoms with van der Waals surface area (Å²) in [5, 5.41) is 0. The Kier molecular flexibility index (Phi) is 4.89. The molecule has 0 aliphatic heterocycles. The van der Waals surface area contributed by atoms with E-state index in [0.29, 0.717) is 6.54 Å². The fraction of sp³-hybridized carbons (Fsp3) is 0.636. The number of thiazole rings is 1. The van der Waals surface area contributed by atoms with Crippen molar-refractivity contribution in [3.63, 3.8) is 0 Å². The van der Waals surface area contributed by atoms with Crippen LogP contribution in [0.2, 0.25) is 0 Å². The molecule has 0 atom stereocenters. The first kappa shape index (κ1) is 13.1. The first-order valence-corrected chi connectivity index (χ1v) is 6.14. The van der Waals surface area contributed by atoms with Crippen LogP contribution < -0.4 is 0 Å². The number of aromatic nitrogens is 1. The second-order valence-electron chi connectivity index (χ2n) is 4.07. The van der Waals surface area contributed by atoms with Gasteiger partial charge in [-0.25, -0.2) is 4.98 Å². The molecule has 4 nitrogen and oxygen atoms in total. The largest absolute Gasteiger partial charge is 0.462 e. The maximum absolute atomic E-state index is 11.4. The number of nitrogens with zero attached hydrogens (tertiary/aromatic N) is 2. The van der Waals surface area contributed by atoms with Crippen molar-refractivity contribution >= 4 is 17.3 Å². The summed E-state index contributed by atoms with van der Waals surface area (Å²) in [4.78, 5) is 18.7. The third-order valence-electron chi connectivity index (χ3n) is 2.02. The summed E-state index contributed by atoms with van der Waals surface area (Å²) < 4.78 is 5.08. The van der Waals surface area contributed by atoms with Gasteiger partial charge in [-0.15, -0.1) is 11.3 Å². The molecule has 0 aromatic carbocycles. The lowest BCUT2D eigenvalue weighted by Gasteiger charge is -2.16. The van der Waals surface area contributed by atoms with E-state index in [2.05, 4.69) is 4.98 Å². The van der Waals surface area contributed by atoms with E-state index in [1.54, 1.807) is 11.3 Å². The summed E-state index contributed by atoms with van der Waals surface area (Å²) in [6.07, 6.45) is -0.0500. The Morgan fingerprint density at radius 1 is 1.62 bits per heavy atom. The molecule has 0 saturated carbocycles. The Hall–Kier alpha value is -0.940. The van der Waals surface area contributed by atoms with E-state index in [1.807, 2.05) is 38.2 Å². The Morgan fingerprint density at radius 2 is 2.31 bits per heavy atom. The van der Waals surface area contributed by atoms with Crippen molar-refractivity contribution in [3.8, 4) is 0 Å². The molecule has 1 rings (SSSR count). The second-order valence-corrected chi connectivity index (χ2v) is 5.01. The summed E-state index contributed by atoms with van der Waals surface area (Å²) in [5.41, 5.74) is 2.86. The molecular formula is C11H18N2O2S. The molecule has 1 aromatic heterocycles. The van der Waals surface area contributed by atoms with Crippen LogP contribution >= 0.6 is 11.3 Å². The van der Waals surface area contributed by atoms with Crippen LogP contribution in [-0.2, 0) is 16.1 Å². The minimum atomic E-state index is -0.181. The van der Waals surface area contributed by atoms with Gasteiger partial charge in [-0.3, -0.25) is 9.69 Å². The van der Waals surface area contributed by atoms with E-state index in [1.165, 1.54) is 4.88 Å². The van der Waals surface area contributed by atoms with Gasteiger partial charge in [-0.2, -0.15) is 0 Å². The van der Waals surface area contributed by atoms with Crippen LogP contribution in [0.3, 0.4) is 0 Å². The summed E-state index contributed by atoms with van der Waals surface area (Å²) in [7, 11) is 1.90. The van der Waals surface area contributed by atoms with Gasteiger partial charge in [-0.1, -0.05) is 0 Å². The van der Waals surface area contributed by atoms with E-state index < -0.39 is 0 Å². The SMILES string of the molecule is Cc1ncsc1CN(C)CC(=O)OC(C)C. The summed E-state index contributed by atoms with van der Waals surface area (Å²) in [6.45, 7) is 6.74. The van der Waals surface area contributed by atoms with Crippen molar-refractivity contribution in [2.75, 3.05) is 13.6 Å². The molecule has 90 valence electrons. The highest BCUT2D eigenvalue weighted by Gasteiger charge is 2.11. The normalized spacial score (nSPS) is 11.1. The van der Waals surface area contributed by atoms with E-state index in [0.717, 1.165) is 12.2 Å². The van der Waals surface area contributed by atoms with Crippen molar-refractivity contribution in [3.05, 3.63) is 16.1 Å². The van der Waals surface area contributed by atoms with Gasteiger partial charge in [0.1, 0.15) is 0 Å². The fourth-order valence-electron chi connectivity index (χ4n) is 1.30. The highest BCUT2D eigenvalue weighted by molar-refractivity contribution is 7.09. The molecule has 1 heterocycles. The molecule has 0 N–H and O–H groups in total. The van der Waals surface area contributed by atoms with Crippen molar-refractivity contribution < 1.29 is 9.53 Å². The third-order valence-corrected chi connectivity index (χ3v) is 2.94. The van der Waals surface area contributed by atoms with Gasteiger partial charge in [0, 0.05) is 11.4 Å². The average Bonchev–Trinajstić information content (AvgIpc) is 2.49. The number of carbonyl (C=O) groups excluding carboxylic acids is 1. The molecule has 0 spiro atoms.